The van der Waals surface area contributed by atoms with E-state index in [2.05, 4.69) is 14.9 Å². The van der Waals surface area contributed by atoms with E-state index < -0.39 is 0 Å². The van der Waals surface area contributed by atoms with Crippen LogP contribution in [0.15, 0.2) is 12.3 Å². The molecule has 4 heteroatoms. The second kappa shape index (κ2) is 3.77. The fourth-order valence-electron chi connectivity index (χ4n) is 1.87. The van der Waals surface area contributed by atoms with Crippen LogP contribution in [0.4, 0.5) is 5.82 Å². The van der Waals surface area contributed by atoms with Crippen LogP contribution in [0.25, 0.3) is 0 Å². The highest BCUT2D eigenvalue weighted by molar-refractivity contribution is 5.38. The van der Waals surface area contributed by atoms with Crippen LogP contribution in [0.3, 0.4) is 0 Å². The van der Waals surface area contributed by atoms with Crippen LogP contribution in [-0.2, 0) is 4.74 Å². The third-order valence-electron chi connectivity index (χ3n) is 2.94. The Kier molecular flexibility index (Phi) is 2.29. The van der Waals surface area contributed by atoms with Crippen molar-refractivity contribution in [3.8, 4) is 0 Å². The maximum absolute atomic E-state index is 5.33. The van der Waals surface area contributed by atoms with Crippen molar-refractivity contribution >= 4 is 5.82 Å². The third-order valence-corrected chi connectivity index (χ3v) is 2.94. The number of hydrogen-bond acceptors (Lipinski definition) is 4. The zero-order chi connectivity index (χ0) is 10.1. The highest BCUT2D eigenvalue weighted by Crippen LogP contribution is 2.38. The topological polar surface area (TPSA) is 38.2 Å². The van der Waals surface area contributed by atoms with Crippen LogP contribution in [-0.4, -0.2) is 36.3 Å². The maximum Gasteiger partial charge on any atom is 0.133 e. The van der Waals surface area contributed by atoms with E-state index in [1.807, 2.05) is 12.3 Å². The van der Waals surface area contributed by atoms with Gasteiger partial charge in [-0.25, -0.2) is 9.97 Å². The van der Waals surface area contributed by atoms with Gasteiger partial charge in [0.05, 0.1) is 13.2 Å². The first kappa shape index (κ1) is 9.09. The van der Waals surface area contributed by atoms with Crippen molar-refractivity contribution in [3.05, 3.63) is 18.1 Å². The van der Waals surface area contributed by atoms with Crippen molar-refractivity contribution in [2.45, 2.75) is 18.8 Å². The summed E-state index contributed by atoms with van der Waals surface area (Å²) in [4.78, 5) is 11.2. The maximum atomic E-state index is 5.33. The number of nitrogens with zero attached hydrogens (tertiary/aromatic N) is 3. The summed E-state index contributed by atoms with van der Waals surface area (Å²) in [5.74, 6) is 2.72. The van der Waals surface area contributed by atoms with Crippen LogP contribution < -0.4 is 4.90 Å². The minimum Gasteiger partial charge on any atom is -0.378 e. The van der Waals surface area contributed by atoms with Crippen molar-refractivity contribution in [1.82, 2.24) is 9.97 Å². The summed E-state index contributed by atoms with van der Waals surface area (Å²) in [7, 11) is 0. The number of ether oxygens (including phenoxy) is 1. The molecule has 0 bridgehead atoms. The second-order valence-electron chi connectivity index (χ2n) is 4.15. The molecule has 1 aromatic heterocycles. The molecule has 0 unspecified atom stereocenters. The first-order valence-corrected chi connectivity index (χ1v) is 5.59. The molecule has 1 saturated carbocycles. The summed E-state index contributed by atoms with van der Waals surface area (Å²) < 4.78 is 5.33. The van der Waals surface area contributed by atoms with Gasteiger partial charge in [-0.2, -0.15) is 0 Å². The summed E-state index contributed by atoms with van der Waals surface area (Å²) in [5, 5.41) is 0. The van der Waals surface area contributed by atoms with Crippen LogP contribution in [0.2, 0.25) is 0 Å². The average Bonchev–Trinajstić information content (AvgIpc) is 3.14. The molecule has 0 radical (unpaired) electrons. The molecule has 0 amide bonds. The van der Waals surface area contributed by atoms with Gasteiger partial charge >= 0.3 is 0 Å². The van der Waals surface area contributed by atoms with Gasteiger partial charge < -0.3 is 9.64 Å². The Morgan fingerprint density at radius 2 is 2.07 bits per heavy atom. The Morgan fingerprint density at radius 1 is 1.27 bits per heavy atom. The second-order valence-corrected chi connectivity index (χ2v) is 4.15. The van der Waals surface area contributed by atoms with Gasteiger partial charge in [0, 0.05) is 25.2 Å². The smallest absolute Gasteiger partial charge is 0.133 e. The Morgan fingerprint density at radius 3 is 2.80 bits per heavy atom. The lowest BCUT2D eigenvalue weighted by atomic mass is 10.3. The third kappa shape index (κ3) is 1.95. The highest BCUT2D eigenvalue weighted by Gasteiger charge is 2.27. The number of aromatic nitrogens is 2. The van der Waals surface area contributed by atoms with Crippen molar-refractivity contribution in [2.75, 3.05) is 31.2 Å². The minimum absolute atomic E-state index is 0.631. The minimum atomic E-state index is 0.631. The van der Waals surface area contributed by atoms with E-state index in [4.69, 9.17) is 4.74 Å². The molecule has 0 N–H and O–H groups in total. The lowest BCUT2D eigenvalue weighted by molar-refractivity contribution is 0.122. The Balaban J connectivity index is 1.80. The zero-order valence-electron chi connectivity index (χ0n) is 8.72. The van der Waals surface area contributed by atoms with E-state index in [1.54, 1.807) is 0 Å². The predicted molar refractivity (Wildman–Crippen MR) is 57.0 cm³/mol. The Bertz CT molecular complexity index is 345. The van der Waals surface area contributed by atoms with Gasteiger partial charge in [-0.1, -0.05) is 0 Å². The summed E-state index contributed by atoms with van der Waals surface area (Å²) >= 11 is 0. The van der Waals surface area contributed by atoms with Gasteiger partial charge in [-0.3, -0.25) is 0 Å². The molecule has 0 spiro atoms. The number of hydrogen-bond donors (Lipinski definition) is 0. The zero-order valence-corrected chi connectivity index (χ0v) is 8.72. The summed E-state index contributed by atoms with van der Waals surface area (Å²) in [6, 6.07) is 2.00. The van der Waals surface area contributed by atoms with E-state index in [0.29, 0.717) is 5.92 Å². The van der Waals surface area contributed by atoms with Crippen LogP contribution >= 0.6 is 0 Å². The Hall–Kier alpha value is -1.16. The first-order chi connectivity index (χ1) is 7.43. The van der Waals surface area contributed by atoms with E-state index >= 15 is 0 Å². The molecule has 0 atom stereocenters. The molecule has 2 fully saturated rings. The Labute approximate surface area is 89.3 Å². The van der Waals surface area contributed by atoms with Gasteiger partial charge in [0.25, 0.3) is 0 Å². The molecular weight excluding hydrogens is 190 g/mol. The number of anilines is 1. The molecule has 4 nitrogen and oxygen atoms in total. The van der Waals surface area contributed by atoms with Gasteiger partial charge in [-0.05, 0) is 18.9 Å². The largest absolute Gasteiger partial charge is 0.378 e. The van der Waals surface area contributed by atoms with Crippen LogP contribution in [0.5, 0.6) is 0 Å². The van der Waals surface area contributed by atoms with E-state index in [1.165, 1.54) is 12.8 Å². The standard InChI is InChI=1S/C11H15N3O/c1-2-9(1)11-12-4-3-10(13-11)14-5-7-15-8-6-14/h3-4,9H,1-2,5-8H2. The van der Waals surface area contributed by atoms with Gasteiger partial charge in [-0.15, -0.1) is 0 Å². The summed E-state index contributed by atoms with van der Waals surface area (Å²) in [6.07, 6.45) is 4.39. The predicted octanol–water partition coefficient (Wildman–Crippen LogP) is 1.19. The van der Waals surface area contributed by atoms with Crippen LogP contribution in [0, 0.1) is 0 Å². The SMILES string of the molecule is c1cc(N2CCOCC2)nc(C2CC2)n1. The van der Waals surface area contributed by atoms with E-state index in [9.17, 15) is 0 Å². The molecule has 2 heterocycles. The molecule has 80 valence electrons. The number of rotatable bonds is 2. The quantitative estimate of drug-likeness (QED) is 0.727. The average molecular weight is 205 g/mol. The molecule has 2 aliphatic rings. The molecule has 0 aromatic carbocycles. The van der Waals surface area contributed by atoms with Gasteiger partial charge in [0.15, 0.2) is 0 Å². The van der Waals surface area contributed by atoms with Crippen molar-refractivity contribution < 1.29 is 4.74 Å². The van der Waals surface area contributed by atoms with Crippen molar-refractivity contribution in [2.24, 2.45) is 0 Å². The van der Waals surface area contributed by atoms with Gasteiger partial charge in [0.2, 0.25) is 0 Å². The van der Waals surface area contributed by atoms with Crippen LogP contribution in [0.1, 0.15) is 24.6 Å². The van der Waals surface area contributed by atoms with Gasteiger partial charge in [0.1, 0.15) is 11.6 Å². The molecule has 1 saturated heterocycles. The summed E-state index contributed by atoms with van der Waals surface area (Å²) in [5.41, 5.74) is 0. The molecule has 1 aliphatic carbocycles. The molecule has 1 aromatic rings. The molecule has 15 heavy (non-hydrogen) atoms. The van der Waals surface area contributed by atoms with E-state index in [0.717, 1.165) is 37.9 Å². The normalized spacial score (nSPS) is 21.7. The van der Waals surface area contributed by atoms with Crippen molar-refractivity contribution in [3.63, 3.8) is 0 Å². The highest BCUT2D eigenvalue weighted by atomic mass is 16.5. The van der Waals surface area contributed by atoms with E-state index in [-0.39, 0.29) is 0 Å². The fourth-order valence-corrected chi connectivity index (χ4v) is 1.87. The fraction of sp³-hybridized carbons (Fsp3) is 0.636. The first-order valence-electron chi connectivity index (χ1n) is 5.59. The lowest BCUT2D eigenvalue weighted by Crippen LogP contribution is -2.36. The lowest BCUT2D eigenvalue weighted by Gasteiger charge is -2.27. The summed E-state index contributed by atoms with van der Waals surface area (Å²) in [6.45, 7) is 3.51. The molecule has 3 rings (SSSR count). The van der Waals surface area contributed by atoms with Crippen molar-refractivity contribution in [1.29, 1.82) is 0 Å². The molecule has 1 aliphatic heterocycles. The molecular formula is C11H15N3O. The number of morpholine rings is 1. The monoisotopic (exact) mass is 205 g/mol.